The number of nitro groups is 1. The number of ketones is 1. The molecule has 0 amide bonds. The van der Waals surface area contributed by atoms with Gasteiger partial charge in [-0.3, -0.25) is 19.6 Å². The Hall–Kier alpha value is -2.96. The number of para-hydroxylation sites is 1. The fourth-order valence-corrected chi connectivity index (χ4v) is 2.63. The van der Waals surface area contributed by atoms with Crippen LogP contribution in [0, 0.1) is 24.0 Å². The quantitative estimate of drug-likeness (QED) is 0.455. The number of fused-ring (bicyclic) bond motifs is 1. The topological polar surface area (TPSA) is 93.8 Å². The van der Waals surface area contributed by atoms with Gasteiger partial charge in [0.15, 0.2) is 5.78 Å². The molecule has 112 valence electrons. The minimum atomic E-state index is -0.468. The van der Waals surface area contributed by atoms with Crippen LogP contribution in [0.15, 0.2) is 30.5 Å². The fraction of sp³-hybridized carbons (Fsp3) is 0.200. The van der Waals surface area contributed by atoms with Crippen molar-refractivity contribution >= 4 is 22.4 Å². The summed E-state index contributed by atoms with van der Waals surface area (Å²) >= 11 is 0. The molecule has 0 saturated carbocycles. The maximum atomic E-state index is 12.5. The Labute approximate surface area is 125 Å². The maximum Gasteiger partial charge on any atom is 0.312 e. The fourth-order valence-electron chi connectivity index (χ4n) is 2.63. The lowest BCUT2D eigenvalue weighted by Crippen LogP contribution is -2.13. The van der Waals surface area contributed by atoms with Gasteiger partial charge in [-0.1, -0.05) is 18.2 Å². The number of nitrogens with one attached hydrogen (secondary N) is 1. The van der Waals surface area contributed by atoms with E-state index in [0.717, 1.165) is 10.9 Å². The molecule has 0 fully saturated rings. The number of hydrogen-bond acceptors (Lipinski definition) is 4. The molecule has 0 aliphatic heterocycles. The molecule has 3 rings (SSSR count). The van der Waals surface area contributed by atoms with E-state index < -0.39 is 4.92 Å². The normalized spacial score (nSPS) is 11.0. The van der Waals surface area contributed by atoms with Crippen molar-refractivity contribution in [2.24, 2.45) is 0 Å². The summed E-state index contributed by atoms with van der Waals surface area (Å²) in [5.41, 5.74) is 2.10. The van der Waals surface area contributed by atoms with Crippen LogP contribution in [-0.4, -0.2) is 25.5 Å². The van der Waals surface area contributed by atoms with E-state index in [9.17, 15) is 14.9 Å². The molecule has 0 saturated heterocycles. The van der Waals surface area contributed by atoms with Crippen molar-refractivity contribution in [3.8, 4) is 0 Å². The van der Waals surface area contributed by atoms with Crippen LogP contribution in [0.4, 0.5) is 5.69 Å². The van der Waals surface area contributed by atoms with Crippen LogP contribution in [-0.2, 0) is 6.54 Å². The average Bonchev–Trinajstić information content (AvgIpc) is 3.00. The van der Waals surface area contributed by atoms with E-state index in [1.807, 2.05) is 24.3 Å². The van der Waals surface area contributed by atoms with E-state index >= 15 is 0 Å². The predicted octanol–water partition coefficient (Wildman–Crippen LogP) is 2.77. The van der Waals surface area contributed by atoms with Crippen LogP contribution in [0.1, 0.15) is 21.7 Å². The smallest absolute Gasteiger partial charge is 0.312 e. The number of benzene rings is 1. The number of aromatic amines is 1. The molecule has 1 aromatic carbocycles. The molecule has 0 spiro atoms. The van der Waals surface area contributed by atoms with Gasteiger partial charge in [-0.05, 0) is 19.9 Å². The van der Waals surface area contributed by atoms with Gasteiger partial charge in [0.2, 0.25) is 0 Å². The summed E-state index contributed by atoms with van der Waals surface area (Å²) in [6, 6.07) is 7.50. The van der Waals surface area contributed by atoms with Gasteiger partial charge < -0.3 is 4.98 Å². The zero-order valence-corrected chi connectivity index (χ0v) is 12.2. The number of aromatic nitrogens is 3. The molecular weight excluding hydrogens is 284 g/mol. The van der Waals surface area contributed by atoms with Crippen LogP contribution in [0.2, 0.25) is 0 Å². The minimum Gasteiger partial charge on any atom is -0.360 e. The zero-order chi connectivity index (χ0) is 15.9. The summed E-state index contributed by atoms with van der Waals surface area (Å²) in [7, 11) is 0. The van der Waals surface area contributed by atoms with Crippen LogP contribution in [0.3, 0.4) is 0 Å². The molecule has 0 aliphatic carbocycles. The lowest BCUT2D eigenvalue weighted by Gasteiger charge is -2.02. The molecule has 0 bridgehead atoms. The van der Waals surface area contributed by atoms with Gasteiger partial charge >= 0.3 is 5.69 Å². The summed E-state index contributed by atoms with van der Waals surface area (Å²) < 4.78 is 1.39. The van der Waals surface area contributed by atoms with E-state index in [1.54, 1.807) is 20.0 Å². The maximum absolute atomic E-state index is 12.5. The monoisotopic (exact) mass is 298 g/mol. The Balaban J connectivity index is 1.95. The van der Waals surface area contributed by atoms with E-state index in [-0.39, 0.29) is 18.0 Å². The highest BCUT2D eigenvalue weighted by atomic mass is 16.6. The lowest BCUT2D eigenvalue weighted by molar-refractivity contribution is -0.386. The summed E-state index contributed by atoms with van der Waals surface area (Å²) in [6.07, 6.45) is 1.66. The second-order valence-corrected chi connectivity index (χ2v) is 5.11. The second-order valence-electron chi connectivity index (χ2n) is 5.11. The highest BCUT2D eigenvalue weighted by molar-refractivity contribution is 6.07. The van der Waals surface area contributed by atoms with Crippen LogP contribution < -0.4 is 0 Å². The van der Waals surface area contributed by atoms with Crippen molar-refractivity contribution in [3.63, 3.8) is 0 Å². The van der Waals surface area contributed by atoms with Gasteiger partial charge in [-0.15, -0.1) is 0 Å². The molecule has 0 aliphatic rings. The van der Waals surface area contributed by atoms with Gasteiger partial charge in [-0.25, -0.2) is 0 Å². The third kappa shape index (κ3) is 2.16. The SMILES string of the molecule is Cc1nn(CC(=O)c2c[nH]c3ccccc23)c(C)c1[N+](=O)[O-]. The molecule has 3 aromatic rings. The van der Waals surface area contributed by atoms with Gasteiger partial charge in [0.25, 0.3) is 0 Å². The van der Waals surface area contributed by atoms with Gasteiger partial charge in [-0.2, -0.15) is 5.10 Å². The highest BCUT2D eigenvalue weighted by Gasteiger charge is 2.23. The molecule has 22 heavy (non-hydrogen) atoms. The van der Waals surface area contributed by atoms with E-state index in [1.165, 1.54) is 4.68 Å². The number of H-pyrrole nitrogens is 1. The first kappa shape index (κ1) is 14.0. The summed E-state index contributed by atoms with van der Waals surface area (Å²) in [6.45, 7) is 3.14. The number of carbonyl (C=O) groups excluding carboxylic acids is 1. The van der Waals surface area contributed by atoms with Gasteiger partial charge in [0, 0.05) is 22.7 Å². The number of nitrogens with zero attached hydrogens (tertiary/aromatic N) is 3. The summed E-state index contributed by atoms with van der Waals surface area (Å²) in [4.78, 5) is 26.1. The third-order valence-electron chi connectivity index (χ3n) is 3.71. The first-order chi connectivity index (χ1) is 10.5. The number of carbonyl (C=O) groups is 1. The first-order valence-corrected chi connectivity index (χ1v) is 6.76. The number of Topliss-reactive ketones (excluding diaryl/α,β-unsaturated/α-hetero) is 1. The number of hydrogen-bond donors (Lipinski definition) is 1. The predicted molar refractivity (Wildman–Crippen MR) is 81.0 cm³/mol. The molecule has 2 aromatic heterocycles. The van der Waals surface area contributed by atoms with Crippen molar-refractivity contribution in [1.29, 1.82) is 0 Å². The Morgan fingerprint density at radius 2 is 2.09 bits per heavy atom. The van der Waals surface area contributed by atoms with Crippen LogP contribution >= 0.6 is 0 Å². The lowest BCUT2D eigenvalue weighted by atomic mass is 10.1. The van der Waals surface area contributed by atoms with Crippen molar-refractivity contribution in [3.05, 3.63) is 57.5 Å². The second kappa shape index (κ2) is 5.10. The molecule has 7 nitrogen and oxygen atoms in total. The minimum absolute atomic E-state index is 0.0254. The van der Waals surface area contributed by atoms with E-state index in [4.69, 9.17) is 0 Å². The van der Waals surface area contributed by atoms with Crippen LogP contribution in [0.25, 0.3) is 10.9 Å². The Kier molecular flexibility index (Phi) is 3.25. The molecule has 0 atom stereocenters. The highest BCUT2D eigenvalue weighted by Crippen LogP contribution is 2.23. The Bertz CT molecular complexity index is 891. The number of rotatable bonds is 4. The number of aryl methyl sites for hydroxylation is 1. The molecule has 0 radical (unpaired) electrons. The molecule has 0 unspecified atom stereocenters. The standard InChI is InChI=1S/C15H14N4O3/c1-9-15(19(21)22)10(2)18(17-9)8-14(20)12-7-16-13-6-4-3-5-11(12)13/h3-7,16H,8H2,1-2H3. The zero-order valence-electron chi connectivity index (χ0n) is 12.2. The Morgan fingerprint density at radius 3 is 2.77 bits per heavy atom. The summed E-state index contributed by atoms with van der Waals surface area (Å²) in [5, 5.41) is 15.9. The first-order valence-electron chi connectivity index (χ1n) is 6.76. The largest absolute Gasteiger partial charge is 0.360 e. The van der Waals surface area contributed by atoms with Crippen molar-refractivity contribution in [2.45, 2.75) is 20.4 Å². The van der Waals surface area contributed by atoms with Crippen LogP contribution in [0.5, 0.6) is 0 Å². The van der Waals surface area contributed by atoms with Crippen molar-refractivity contribution in [2.75, 3.05) is 0 Å². The van der Waals surface area contributed by atoms with Gasteiger partial charge in [0.1, 0.15) is 17.9 Å². The molecule has 1 N–H and O–H groups in total. The molecule has 7 heteroatoms. The van der Waals surface area contributed by atoms with E-state index in [0.29, 0.717) is 17.0 Å². The van der Waals surface area contributed by atoms with Gasteiger partial charge in [0.05, 0.1) is 4.92 Å². The van der Waals surface area contributed by atoms with Crippen molar-refractivity contribution < 1.29 is 9.72 Å². The summed E-state index contributed by atoms with van der Waals surface area (Å²) in [5.74, 6) is -0.141. The molecule has 2 heterocycles. The third-order valence-corrected chi connectivity index (χ3v) is 3.71. The molecular formula is C15H14N4O3. The van der Waals surface area contributed by atoms with E-state index in [2.05, 4.69) is 10.1 Å². The average molecular weight is 298 g/mol. The van der Waals surface area contributed by atoms with Crippen molar-refractivity contribution in [1.82, 2.24) is 14.8 Å². The Morgan fingerprint density at radius 1 is 1.36 bits per heavy atom.